The second-order valence-electron chi connectivity index (χ2n) is 6.98. The summed E-state index contributed by atoms with van der Waals surface area (Å²) < 4.78 is 60.4. The molecular weight excluding hydrogens is 442 g/mol. The minimum Gasteiger partial charge on any atom is -0.452 e. The number of halogens is 2. The van der Waals surface area contributed by atoms with Crippen LogP contribution in [-0.2, 0) is 17.1 Å². The van der Waals surface area contributed by atoms with Crippen LogP contribution in [0.2, 0.25) is 0 Å². The van der Waals surface area contributed by atoms with E-state index < -0.39 is 21.7 Å². The SMILES string of the molecule is C=CS(=O)(=O)Nc1cc(-c2cc(N(C)C)c(=O)n(C)c2)c(Oc2ccc(F)cc2F)cn1. The van der Waals surface area contributed by atoms with E-state index in [2.05, 4.69) is 16.3 Å². The topological polar surface area (TPSA) is 93.5 Å². The van der Waals surface area contributed by atoms with Crippen molar-refractivity contribution in [2.45, 2.75) is 0 Å². The summed E-state index contributed by atoms with van der Waals surface area (Å²) in [5.74, 6) is -1.95. The number of nitrogens with one attached hydrogen (secondary N) is 1. The van der Waals surface area contributed by atoms with Crippen molar-refractivity contribution in [2.75, 3.05) is 23.7 Å². The normalized spacial score (nSPS) is 11.2. The predicted molar refractivity (Wildman–Crippen MR) is 118 cm³/mol. The molecule has 11 heteroatoms. The first kappa shape index (κ1) is 22.9. The Balaban J connectivity index is 2.20. The maximum Gasteiger partial charge on any atom is 0.273 e. The number of nitrogens with zero attached hydrogens (tertiary/aromatic N) is 3. The molecule has 0 amide bonds. The van der Waals surface area contributed by atoms with E-state index in [0.717, 1.165) is 17.5 Å². The van der Waals surface area contributed by atoms with Crippen molar-refractivity contribution < 1.29 is 21.9 Å². The molecule has 168 valence electrons. The number of aryl methyl sites for hydroxylation is 1. The summed E-state index contributed by atoms with van der Waals surface area (Å²) in [5, 5.41) is 0.725. The molecule has 8 nitrogen and oxygen atoms in total. The van der Waals surface area contributed by atoms with Gasteiger partial charge in [-0.2, -0.15) is 0 Å². The summed E-state index contributed by atoms with van der Waals surface area (Å²) in [7, 11) is 1.10. The molecule has 0 atom stereocenters. The van der Waals surface area contributed by atoms with Crippen molar-refractivity contribution in [3.63, 3.8) is 0 Å². The molecule has 3 aromatic rings. The Kier molecular flexibility index (Phi) is 6.30. The zero-order chi connectivity index (χ0) is 23.6. The number of hydrogen-bond donors (Lipinski definition) is 1. The molecule has 0 saturated heterocycles. The van der Waals surface area contributed by atoms with Crippen LogP contribution >= 0.6 is 0 Å². The molecule has 0 saturated carbocycles. The van der Waals surface area contributed by atoms with Crippen LogP contribution < -0.4 is 19.9 Å². The van der Waals surface area contributed by atoms with E-state index >= 15 is 0 Å². The van der Waals surface area contributed by atoms with Crippen LogP contribution in [0.1, 0.15) is 0 Å². The van der Waals surface area contributed by atoms with Crippen LogP contribution in [0.4, 0.5) is 20.3 Å². The number of benzene rings is 1. The summed E-state index contributed by atoms with van der Waals surface area (Å²) in [5.41, 5.74) is 0.875. The molecule has 1 N–H and O–H groups in total. The second-order valence-corrected chi connectivity index (χ2v) is 8.61. The average Bonchev–Trinajstić information content (AvgIpc) is 2.72. The second kappa shape index (κ2) is 8.79. The van der Waals surface area contributed by atoms with Gasteiger partial charge in [0.25, 0.3) is 15.6 Å². The Morgan fingerprint density at radius 3 is 2.53 bits per heavy atom. The minimum absolute atomic E-state index is 0.0490. The molecule has 0 aliphatic carbocycles. The van der Waals surface area contributed by atoms with E-state index in [9.17, 15) is 22.0 Å². The maximum atomic E-state index is 14.2. The standard InChI is InChI=1S/C21H20F2N4O4S/c1-5-32(29,30)25-20-10-15(13-8-17(26(2)3)21(28)27(4)12-13)19(11-24-20)31-18-7-6-14(22)9-16(18)23/h5-12H,1H2,2-4H3,(H,24,25). The zero-order valence-electron chi connectivity index (χ0n) is 17.5. The van der Waals surface area contributed by atoms with Gasteiger partial charge in [0.05, 0.1) is 6.20 Å². The highest BCUT2D eigenvalue weighted by Crippen LogP contribution is 2.36. The third kappa shape index (κ3) is 4.94. The van der Waals surface area contributed by atoms with Gasteiger partial charge in [-0.15, -0.1) is 0 Å². The van der Waals surface area contributed by atoms with Crippen LogP contribution in [0.5, 0.6) is 11.5 Å². The zero-order valence-corrected chi connectivity index (χ0v) is 18.3. The smallest absolute Gasteiger partial charge is 0.273 e. The van der Waals surface area contributed by atoms with Crippen molar-refractivity contribution in [3.05, 3.63) is 76.7 Å². The number of rotatable bonds is 7. The van der Waals surface area contributed by atoms with E-state index in [1.807, 2.05) is 0 Å². The third-order valence-electron chi connectivity index (χ3n) is 4.40. The van der Waals surface area contributed by atoms with Gasteiger partial charge in [-0.25, -0.2) is 22.2 Å². The fourth-order valence-corrected chi connectivity index (χ4v) is 3.32. The van der Waals surface area contributed by atoms with Crippen molar-refractivity contribution >= 4 is 21.5 Å². The third-order valence-corrected chi connectivity index (χ3v) is 5.34. The highest BCUT2D eigenvalue weighted by molar-refractivity contribution is 7.95. The quantitative estimate of drug-likeness (QED) is 0.578. The molecule has 2 aromatic heterocycles. The first-order valence-corrected chi connectivity index (χ1v) is 10.7. The van der Waals surface area contributed by atoms with E-state index in [4.69, 9.17) is 4.74 Å². The molecule has 0 aliphatic heterocycles. The van der Waals surface area contributed by atoms with E-state index in [-0.39, 0.29) is 22.9 Å². The van der Waals surface area contributed by atoms with Crippen LogP contribution in [0.15, 0.2) is 59.5 Å². The van der Waals surface area contributed by atoms with Gasteiger partial charge < -0.3 is 14.2 Å². The van der Waals surface area contributed by atoms with Crippen LogP contribution in [0, 0.1) is 11.6 Å². The van der Waals surface area contributed by atoms with Crippen molar-refractivity contribution in [3.8, 4) is 22.6 Å². The Labute approximate surface area is 183 Å². The molecule has 0 aliphatic rings. The molecule has 0 unspecified atom stereocenters. The predicted octanol–water partition coefficient (Wildman–Crippen LogP) is 3.47. The Morgan fingerprint density at radius 1 is 1.19 bits per heavy atom. The number of ether oxygens (including phenoxy) is 1. The maximum absolute atomic E-state index is 14.2. The first-order chi connectivity index (χ1) is 15.0. The lowest BCUT2D eigenvalue weighted by molar-refractivity contribution is 0.437. The molecule has 32 heavy (non-hydrogen) atoms. The summed E-state index contributed by atoms with van der Waals surface area (Å²) in [4.78, 5) is 18.0. The van der Waals surface area contributed by atoms with Gasteiger partial charge in [0.1, 0.15) is 17.3 Å². The molecule has 0 radical (unpaired) electrons. The minimum atomic E-state index is -3.85. The van der Waals surface area contributed by atoms with Crippen molar-refractivity contribution in [1.82, 2.24) is 9.55 Å². The number of aromatic nitrogens is 2. The lowest BCUT2D eigenvalue weighted by Crippen LogP contribution is -2.25. The van der Waals surface area contributed by atoms with Crippen LogP contribution in [0.25, 0.3) is 11.1 Å². The fraction of sp³-hybridized carbons (Fsp3) is 0.143. The number of pyridine rings is 2. The molecule has 0 bridgehead atoms. The summed E-state index contributed by atoms with van der Waals surface area (Å²) >= 11 is 0. The van der Waals surface area contributed by atoms with Gasteiger partial charge >= 0.3 is 0 Å². The lowest BCUT2D eigenvalue weighted by atomic mass is 10.1. The Bertz CT molecular complexity index is 1350. The molecule has 1 aromatic carbocycles. The lowest BCUT2D eigenvalue weighted by Gasteiger charge is -2.17. The van der Waals surface area contributed by atoms with E-state index in [1.165, 1.54) is 23.0 Å². The monoisotopic (exact) mass is 462 g/mol. The van der Waals surface area contributed by atoms with Gasteiger partial charge in [0, 0.05) is 49.9 Å². The fourth-order valence-electron chi connectivity index (χ4n) is 2.83. The van der Waals surface area contributed by atoms with Gasteiger partial charge in [0.2, 0.25) is 0 Å². The van der Waals surface area contributed by atoms with Crippen molar-refractivity contribution in [2.24, 2.45) is 7.05 Å². The molecule has 2 heterocycles. The summed E-state index contributed by atoms with van der Waals surface area (Å²) in [6.07, 6.45) is 2.71. The van der Waals surface area contributed by atoms with Crippen LogP contribution in [0.3, 0.4) is 0 Å². The first-order valence-electron chi connectivity index (χ1n) is 9.17. The number of anilines is 2. The molecule has 0 fully saturated rings. The summed E-state index contributed by atoms with van der Waals surface area (Å²) in [6.45, 7) is 3.23. The van der Waals surface area contributed by atoms with E-state index in [0.29, 0.717) is 22.9 Å². The highest BCUT2D eigenvalue weighted by atomic mass is 32.2. The molecular formula is C21H20F2N4O4S. The van der Waals surface area contributed by atoms with Gasteiger partial charge in [-0.05, 0) is 24.3 Å². The number of hydrogen-bond acceptors (Lipinski definition) is 6. The Morgan fingerprint density at radius 2 is 1.91 bits per heavy atom. The summed E-state index contributed by atoms with van der Waals surface area (Å²) in [6, 6.07) is 5.78. The van der Waals surface area contributed by atoms with E-state index in [1.54, 1.807) is 32.1 Å². The highest BCUT2D eigenvalue weighted by Gasteiger charge is 2.17. The van der Waals surface area contributed by atoms with Gasteiger partial charge in [-0.3, -0.25) is 9.52 Å². The van der Waals surface area contributed by atoms with Crippen LogP contribution in [-0.4, -0.2) is 32.1 Å². The van der Waals surface area contributed by atoms with Crippen molar-refractivity contribution in [1.29, 1.82) is 0 Å². The number of sulfonamides is 1. The van der Waals surface area contributed by atoms with Gasteiger partial charge in [0.15, 0.2) is 17.3 Å². The molecule has 3 rings (SSSR count). The largest absolute Gasteiger partial charge is 0.452 e. The molecule has 0 spiro atoms. The van der Waals surface area contributed by atoms with Gasteiger partial charge in [-0.1, -0.05) is 6.58 Å². The Hall–Kier alpha value is -3.73. The average molecular weight is 462 g/mol.